The monoisotopic (exact) mass is 820 g/mol. The van der Waals surface area contributed by atoms with E-state index in [0.29, 0.717) is 50.1 Å². The maximum absolute atomic E-state index is 15.4. The quantitative estimate of drug-likeness (QED) is 0.188. The van der Waals surface area contributed by atoms with Crippen molar-refractivity contribution in [2.24, 2.45) is 17.3 Å². The summed E-state index contributed by atoms with van der Waals surface area (Å²) in [6.45, 7) is 6.57. The fraction of sp³-hybridized carbons (Fsp3) is 0.604. The Morgan fingerprint density at radius 2 is 1.75 bits per heavy atom. The maximum Gasteiger partial charge on any atom is 0.344 e. The molecule has 2 N–H and O–H groups in total. The van der Waals surface area contributed by atoms with Gasteiger partial charge in [-0.3, -0.25) is 19.4 Å². The molecule has 5 aliphatic heterocycles. The van der Waals surface area contributed by atoms with Crippen LogP contribution < -0.4 is 9.64 Å². The van der Waals surface area contributed by atoms with Crippen LogP contribution in [0.15, 0.2) is 48.6 Å². The molecule has 4 fully saturated rings. The number of carbonyl (C=O) groups excluding carboxylic acids is 3. The van der Waals surface area contributed by atoms with Crippen LogP contribution in [-0.2, 0) is 45.8 Å². The molecule has 2 bridgehead atoms. The Balaban J connectivity index is 1.26. The van der Waals surface area contributed by atoms with E-state index in [1.54, 1.807) is 7.11 Å². The zero-order chi connectivity index (χ0) is 41.9. The van der Waals surface area contributed by atoms with Gasteiger partial charge in [-0.25, -0.2) is 4.79 Å². The molecule has 6 heterocycles. The fourth-order valence-corrected chi connectivity index (χ4v) is 14.7. The van der Waals surface area contributed by atoms with E-state index in [0.717, 1.165) is 64.9 Å². The number of fused-ring (bicyclic) bond motifs is 8. The number of para-hydroxylation sites is 1. The van der Waals surface area contributed by atoms with E-state index in [9.17, 15) is 14.7 Å². The van der Waals surface area contributed by atoms with E-state index >= 15 is 4.79 Å². The molecule has 11 atom stereocenters. The number of hydrogen-bond donors (Lipinski definition) is 2. The van der Waals surface area contributed by atoms with Crippen molar-refractivity contribution in [2.75, 3.05) is 59.5 Å². The van der Waals surface area contributed by atoms with Crippen molar-refractivity contribution < 1.29 is 38.4 Å². The number of nitrogens with zero attached hydrogens (tertiary/aromatic N) is 3. The SMILES string of the molecule is CC[C@]12C=CCN3CC[C@@]4(c5cc(C6(C(=O)OC)C[C@H]7CC8CCCCC8N(CCc8c6[nH]c6ccccc86)C7)c(OC)cc5N(C)[C@H]4[C@@](O)(C(=O)OC)[C@@H]1OC(C)=O)[C@@H]32. The van der Waals surface area contributed by atoms with Crippen LogP contribution in [0.2, 0.25) is 0 Å². The van der Waals surface area contributed by atoms with Gasteiger partial charge in [-0.15, -0.1) is 0 Å². The van der Waals surface area contributed by atoms with Crippen molar-refractivity contribution >= 4 is 34.5 Å². The number of aromatic amines is 1. The number of aliphatic hydroxyl groups is 1. The molecule has 2 saturated carbocycles. The molecule has 4 unspecified atom stereocenters. The van der Waals surface area contributed by atoms with Crippen LogP contribution in [0.3, 0.4) is 0 Å². The normalized spacial score (nSPS) is 37.6. The van der Waals surface area contributed by atoms with Crippen molar-refractivity contribution in [1.82, 2.24) is 14.8 Å². The molecule has 2 saturated heterocycles. The fourth-order valence-electron chi connectivity index (χ4n) is 14.7. The van der Waals surface area contributed by atoms with Gasteiger partial charge in [0.2, 0.25) is 5.60 Å². The summed E-state index contributed by atoms with van der Waals surface area (Å²) < 4.78 is 24.2. The first-order valence-electron chi connectivity index (χ1n) is 22.2. The number of H-pyrrole nitrogens is 1. The van der Waals surface area contributed by atoms with Crippen LogP contribution in [0.1, 0.15) is 87.6 Å². The summed E-state index contributed by atoms with van der Waals surface area (Å²) in [7, 11) is 6.33. The number of aromatic nitrogens is 1. The summed E-state index contributed by atoms with van der Waals surface area (Å²) in [6, 6.07) is 12.0. The number of piperidine rings is 1. The van der Waals surface area contributed by atoms with Crippen LogP contribution in [0.25, 0.3) is 10.9 Å². The molecular weight excluding hydrogens is 761 g/mol. The Labute approximate surface area is 352 Å². The van der Waals surface area contributed by atoms with Crippen LogP contribution in [0, 0.1) is 17.3 Å². The highest BCUT2D eigenvalue weighted by Crippen LogP contribution is 2.68. The third-order valence-corrected chi connectivity index (χ3v) is 16.7. The maximum atomic E-state index is 15.4. The first-order chi connectivity index (χ1) is 28.9. The van der Waals surface area contributed by atoms with Crippen molar-refractivity contribution in [3.05, 3.63) is 70.9 Å². The van der Waals surface area contributed by atoms with Crippen LogP contribution in [-0.4, -0.2) is 122 Å². The molecule has 3 aromatic rings. The van der Waals surface area contributed by atoms with E-state index < -0.39 is 45.9 Å². The summed E-state index contributed by atoms with van der Waals surface area (Å²) in [4.78, 5) is 53.9. The third-order valence-electron chi connectivity index (χ3n) is 16.7. The largest absolute Gasteiger partial charge is 0.496 e. The third kappa shape index (κ3) is 5.04. The number of methoxy groups -OCH3 is 3. The van der Waals surface area contributed by atoms with Crippen molar-refractivity contribution in [3.8, 4) is 5.75 Å². The number of ether oxygens (including phenoxy) is 4. The number of esters is 3. The summed E-state index contributed by atoms with van der Waals surface area (Å²) in [5.74, 6) is -0.453. The van der Waals surface area contributed by atoms with Gasteiger partial charge in [0, 0.05) is 90.4 Å². The van der Waals surface area contributed by atoms with Gasteiger partial charge in [-0.05, 0) is 86.6 Å². The highest BCUT2D eigenvalue weighted by atomic mass is 16.6. The first-order valence-corrected chi connectivity index (χ1v) is 22.2. The van der Waals surface area contributed by atoms with Gasteiger partial charge in [-0.2, -0.15) is 0 Å². The van der Waals surface area contributed by atoms with Gasteiger partial charge < -0.3 is 33.9 Å². The van der Waals surface area contributed by atoms with E-state index in [1.165, 1.54) is 46.8 Å². The number of benzene rings is 2. The number of nitrogens with one attached hydrogen (secondary N) is 1. The van der Waals surface area contributed by atoms with Gasteiger partial charge in [0.1, 0.15) is 11.2 Å². The van der Waals surface area contributed by atoms with Crippen LogP contribution >= 0.6 is 0 Å². The molecule has 2 aromatic carbocycles. The Hall–Kier alpha value is -4.39. The minimum Gasteiger partial charge on any atom is -0.496 e. The first kappa shape index (κ1) is 39.7. The number of carbonyl (C=O) groups is 3. The molecule has 2 aliphatic carbocycles. The second-order valence-corrected chi connectivity index (χ2v) is 19.0. The lowest BCUT2D eigenvalue weighted by Gasteiger charge is -2.63. The molecular formula is C48H60N4O8. The second-order valence-electron chi connectivity index (χ2n) is 19.0. The number of likely N-dealkylation sites (N-methyl/N-ethyl adjacent to an activating group) is 1. The molecule has 12 nitrogen and oxygen atoms in total. The second kappa shape index (κ2) is 14.1. The molecule has 10 rings (SSSR count). The van der Waals surface area contributed by atoms with Gasteiger partial charge in [0.25, 0.3) is 0 Å². The molecule has 320 valence electrons. The Kier molecular flexibility index (Phi) is 9.32. The smallest absolute Gasteiger partial charge is 0.344 e. The topological polar surface area (TPSA) is 134 Å². The average Bonchev–Trinajstić information content (AvgIpc) is 3.92. The summed E-state index contributed by atoms with van der Waals surface area (Å²) in [5, 5.41) is 14.5. The zero-order valence-electron chi connectivity index (χ0n) is 35.9. The van der Waals surface area contributed by atoms with E-state index in [2.05, 4.69) is 51.2 Å². The van der Waals surface area contributed by atoms with Crippen molar-refractivity contribution in [3.63, 3.8) is 0 Å². The molecule has 7 aliphatic rings. The lowest BCUT2D eigenvalue weighted by Crippen LogP contribution is -2.81. The predicted octanol–water partition coefficient (Wildman–Crippen LogP) is 5.41. The lowest BCUT2D eigenvalue weighted by atomic mass is 9.47. The summed E-state index contributed by atoms with van der Waals surface area (Å²) in [5.41, 5.74) is 0.0435. The summed E-state index contributed by atoms with van der Waals surface area (Å²) in [6.07, 6.45) is 11.3. The Bertz CT molecular complexity index is 2290. The minimum atomic E-state index is -2.27. The van der Waals surface area contributed by atoms with E-state index in [4.69, 9.17) is 18.9 Å². The van der Waals surface area contributed by atoms with Crippen molar-refractivity contribution in [2.45, 2.75) is 112 Å². The van der Waals surface area contributed by atoms with Gasteiger partial charge in [0.15, 0.2) is 6.10 Å². The average molecular weight is 821 g/mol. The Morgan fingerprint density at radius 3 is 2.50 bits per heavy atom. The highest BCUT2D eigenvalue weighted by Gasteiger charge is 2.80. The molecule has 12 heteroatoms. The Morgan fingerprint density at radius 1 is 0.967 bits per heavy atom. The lowest BCUT2D eigenvalue weighted by molar-refractivity contribution is -0.228. The number of rotatable bonds is 6. The van der Waals surface area contributed by atoms with E-state index in [-0.39, 0.29) is 17.9 Å². The summed E-state index contributed by atoms with van der Waals surface area (Å²) >= 11 is 0. The number of anilines is 1. The van der Waals surface area contributed by atoms with Gasteiger partial charge >= 0.3 is 17.9 Å². The highest BCUT2D eigenvalue weighted by molar-refractivity contribution is 5.95. The van der Waals surface area contributed by atoms with Crippen LogP contribution in [0.4, 0.5) is 5.69 Å². The van der Waals surface area contributed by atoms with Crippen molar-refractivity contribution in [1.29, 1.82) is 0 Å². The molecule has 1 spiro atoms. The predicted molar refractivity (Wildman–Crippen MR) is 226 cm³/mol. The molecule has 0 radical (unpaired) electrons. The number of hydrogen-bond acceptors (Lipinski definition) is 11. The van der Waals surface area contributed by atoms with Gasteiger partial charge in [0.05, 0.1) is 27.4 Å². The standard InChI is InChI=1S/C48H60N4O8/c1-7-45-18-12-20-51-22-19-46(40(45)51)33-24-34(38(57-4)25-37(33)50(3)41(46)48(56,44(55)59-6)42(45)60-28(2)53)47(43(54)58-5)26-29-23-30-13-8-11-16-36(30)52(27-29)21-17-32-31-14-9-10-15-35(31)49-39(32)47/h9-10,12,14-15,18,24-25,29-30,36,40-42,49,56H,7-8,11,13,16-17,19-23,26-27H2,1-6H3/t29-,30?,36?,40+,41-,42-,45-,46-,47?,48+/m1/s1. The zero-order valence-corrected chi connectivity index (χ0v) is 35.9. The van der Waals surface area contributed by atoms with Gasteiger partial charge in [-0.1, -0.05) is 50.1 Å². The molecule has 60 heavy (non-hydrogen) atoms. The molecule has 0 amide bonds. The minimum absolute atomic E-state index is 0.203. The van der Waals surface area contributed by atoms with Crippen LogP contribution in [0.5, 0.6) is 5.75 Å². The van der Waals surface area contributed by atoms with E-state index in [1.807, 2.05) is 31.0 Å². The molecule has 1 aromatic heterocycles.